The smallest absolute Gasteiger partial charge is 0.242 e. The van der Waals surface area contributed by atoms with E-state index in [9.17, 15) is 18.4 Å². The van der Waals surface area contributed by atoms with Crippen LogP contribution in [0.1, 0.15) is 42.8 Å². The lowest BCUT2D eigenvalue weighted by Gasteiger charge is -2.30. The standard InChI is InChI=1S/C28H30F2N4O3S/c1-28(2,3)26-24-25(18-4-6-19(29)7-5-18)38-17-23(36)33(16-22(35)32-12-14-37-15-13-32)27(24)34(31-26)21-10-8-20(30)9-11-21/h4-11,25H,12-17H2,1-3H3/t25-/m1/s1. The first-order chi connectivity index (χ1) is 18.1. The number of ether oxygens (including phenoxy) is 1. The summed E-state index contributed by atoms with van der Waals surface area (Å²) in [6.45, 7) is 7.78. The fraction of sp³-hybridized carbons (Fsp3) is 0.393. The van der Waals surface area contributed by atoms with E-state index in [1.165, 1.54) is 40.9 Å². The Morgan fingerprint density at radius 3 is 2.24 bits per heavy atom. The topological polar surface area (TPSA) is 67.7 Å². The van der Waals surface area contributed by atoms with E-state index in [-0.39, 0.29) is 35.2 Å². The molecule has 0 N–H and O–H groups in total. The lowest BCUT2D eigenvalue weighted by Crippen LogP contribution is -2.48. The minimum Gasteiger partial charge on any atom is -0.378 e. The van der Waals surface area contributed by atoms with Crippen LogP contribution < -0.4 is 4.90 Å². The maximum atomic E-state index is 13.8. The second-order valence-electron chi connectivity index (χ2n) is 10.4. The first kappa shape index (κ1) is 26.4. The Kier molecular flexibility index (Phi) is 7.28. The van der Waals surface area contributed by atoms with Gasteiger partial charge in [0.05, 0.1) is 35.6 Å². The van der Waals surface area contributed by atoms with Crippen LogP contribution in [-0.2, 0) is 19.7 Å². The van der Waals surface area contributed by atoms with Gasteiger partial charge in [-0.1, -0.05) is 32.9 Å². The molecule has 2 aromatic carbocycles. The molecule has 0 radical (unpaired) electrons. The van der Waals surface area contributed by atoms with Gasteiger partial charge in [0.2, 0.25) is 11.8 Å². The zero-order chi connectivity index (χ0) is 27.0. The molecule has 7 nitrogen and oxygen atoms in total. The van der Waals surface area contributed by atoms with Crippen molar-refractivity contribution in [3.63, 3.8) is 0 Å². The summed E-state index contributed by atoms with van der Waals surface area (Å²) < 4.78 is 34.7. The van der Waals surface area contributed by atoms with Crippen LogP contribution in [-0.4, -0.2) is 65.1 Å². The second-order valence-corrected chi connectivity index (χ2v) is 11.5. The normalized spacial score (nSPS) is 18.3. The van der Waals surface area contributed by atoms with Gasteiger partial charge in [-0.15, -0.1) is 11.8 Å². The molecule has 5 rings (SSSR count). The van der Waals surface area contributed by atoms with Crippen LogP contribution in [0.15, 0.2) is 48.5 Å². The Morgan fingerprint density at radius 1 is 1.03 bits per heavy atom. The highest BCUT2D eigenvalue weighted by Crippen LogP contribution is 2.48. The number of rotatable bonds is 4. The van der Waals surface area contributed by atoms with Gasteiger partial charge in [0.25, 0.3) is 0 Å². The van der Waals surface area contributed by atoms with Gasteiger partial charge in [-0.25, -0.2) is 13.5 Å². The highest BCUT2D eigenvalue weighted by atomic mass is 32.2. The van der Waals surface area contributed by atoms with Gasteiger partial charge in [-0.3, -0.25) is 14.5 Å². The van der Waals surface area contributed by atoms with E-state index in [0.717, 1.165) is 16.8 Å². The van der Waals surface area contributed by atoms with Gasteiger partial charge in [-0.2, -0.15) is 5.10 Å². The summed E-state index contributed by atoms with van der Waals surface area (Å²) in [7, 11) is 0. The molecule has 3 heterocycles. The number of amides is 2. The summed E-state index contributed by atoms with van der Waals surface area (Å²) >= 11 is 1.43. The Hall–Kier alpha value is -3.24. The third kappa shape index (κ3) is 5.19. The molecule has 1 aromatic heterocycles. The number of morpholine rings is 1. The van der Waals surface area contributed by atoms with Crippen LogP contribution in [0.4, 0.5) is 14.6 Å². The number of halogens is 2. The van der Waals surface area contributed by atoms with E-state index in [0.29, 0.717) is 37.8 Å². The SMILES string of the molecule is CC(C)(C)c1nn(-c2ccc(F)cc2)c2c1[C@@H](c1ccc(F)cc1)SCC(=O)N2CC(=O)N1CCOCC1. The molecule has 1 saturated heterocycles. The van der Waals surface area contributed by atoms with Crippen LogP contribution in [0.25, 0.3) is 5.69 Å². The predicted molar refractivity (Wildman–Crippen MR) is 143 cm³/mol. The zero-order valence-corrected chi connectivity index (χ0v) is 22.4. The average Bonchev–Trinajstić information content (AvgIpc) is 3.23. The number of aromatic nitrogens is 2. The molecule has 200 valence electrons. The van der Waals surface area contributed by atoms with Crippen molar-refractivity contribution in [2.75, 3.05) is 43.5 Å². The predicted octanol–water partition coefficient (Wildman–Crippen LogP) is 4.48. The lowest BCUT2D eigenvalue weighted by atomic mass is 9.87. The van der Waals surface area contributed by atoms with Crippen LogP contribution in [0.3, 0.4) is 0 Å². The number of hydrogen-bond donors (Lipinski definition) is 0. The van der Waals surface area contributed by atoms with E-state index in [1.807, 2.05) is 20.8 Å². The molecule has 0 aliphatic carbocycles. The Morgan fingerprint density at radius 2 is 1.63 bits per heavy atom. The molecule has 2 aliphatic heterocycles. The number of carbonyl (C=O) groups is 2. The van der Waals surface area contributed by atoms with Gasteiger partial charge in [0.1, 0.15) is 24.0 Å². The highest BCUT2D eigenvalue weighted by Gasteiger charge is 2.40. The summed E-state index contributed by atoms with van der Waals surface area (Å²) in [6.07, 6.45) is 0. The maximum absolute atomic E-state index is 13.8. The molecule has 1 atom stereocenters. The first-order valence-corrected chi connectivity index (χ1v) is 13.6. The molecule has 38 heavy (non-hydrogen) atoms. The molecular formula is C28H30F2N4O3S. The summed E-state index contributed by atoms with van der Waals surface area (Å²) in [6, 6.07) is 12.1. The largest absolute Gasteiger partial charge is 0.378 e. The number of nitrogens with zero attached hydrogens (tertiary/aromatic N) is 4. The Bertz CT molecular complexity index is 1330. The second kappa shape index (κ2) is 10.5. The van der Waals surface area contributed by atoms with Crippen molar-refractivity contribution < 1.29 is 23.1 Å². The summed E-state index contributed by atoms with van der Waals surface area (Å²) in [5.41, 5.74) is 2.51. The van der Waals surface area contributed by atoms with Gasteiger partial charge in [0, 0.05) is 24.1 Å². The van der Waals surface area contributed by atoms with Gasteiger partial charge in [-0.05, 0) is 42.0 Å². The van der Waals surface area contributed by atoms with E-state index < -0.39 is 11.2 Å². The number of hydrogen-bond acceptors (Lipinski definition) is 5. The fourth-order valence-corrected chi connectivity index (χ4v) is 5.98. The number of carbonyl (C=O) groups excluding carboxylic acids is 2. The van der Waals surface area contributed by atoms with E-state index >= 15 is 0 Å². The Balaban J connectivity index is 1.72. The molecule has 2 amide bonds. The maximum Gasteiger partial charge on any atom is 0.242 e. The van der Waals surface area contributed by atoms with Crippen LogP contribution in [0, 0.1) is 11.6 Å². The third-order valence-electron chi connectivity index (χ3n) is 6.70. The molecule has 2 aliphatic rings. The quantitative estimate of drug-likeness (QED) is 0.488. The third-order valence-corrected chi connectivity index (χ3v) is 7.96. The van der Waals surface area contributed by atoms with E-state index in [4.69, 9.17) is 9.84 Å². The Labute approximate surface area is 224 Å². The molecule has 0 unspecified atom stereocenters. The minimum atomic E-state index is -0.429. The minimum absolute atomic E-state index is 0.125. The lowest BCUT2D eigenvalue weighted by molar-refractivity contribution is -0.134. The van der Waals surface area contributed by atoms with E-state index in [2.05, 4.69) is 0 Å². The van der Waals surface area contributed by atoms with Crippen LogP contribution in [0.5, 0.6) is 0 Å². The molecule has 0 spiro atoms. The van der Waals surface area contributed by atoms with Crippen molar-refractivity contribution in [2.45, 2.75) is 31.4 Å². The van der Waals surface area contributed by atoms with Crippen molar-refractivity contribution in [3.8, 4) is 5.69 Å². The summed E-state index contributed by atoms with van der Waals surface area (Å²) in [5.74, 6) is -0.543. The number of thioether (sulfide) groups is 1. The van der Waals surface area contributed by atoms with Crippen LogP contribution >= 0.6 is 11.8 Å². The van der Waals surface area contributed by atoms with Crippen molar-refractivity contribution in [2.24, 2.45) is 0 Å². The van der Waals surface area contributed by atoms with Crippen LogP contribution in [0.2, 0.25) is 0 Å². The number of benzene rings is 2. The molecular weight excluding hydrogens is 510 g/mol. The zero-order valence-electron chi connectivity index (χ0n) is 21.6. The fourth-order valence-electron chi connectivity index (χ4n) is 4.78. The highest BCUT2D eigenvalue weighted by molar-refractivity contribution is 8.00. The molecule has 1 fully saturated rings. The van der Waals surface area contributed by atoms with E-state index in [1.54, 1.807) is 33.8 Å². The van der Waals surface area contributed by atoms with Crippen molar-refractivity contribution in [3.05, 3.63) is 77.0 Å². The number of anilines is 1. The molecule has 0 bridgehead atoms. The molecule has 0 saturated carbocycles. The summed E-state index contributed by atoms with van der Waals surface area (Å²) in [5, 5.41) is 4.64. The molecule has 10 heteroatoms. The monoisotopic (exact) mass is 540 g/mol. The average molecular weight is 541 g/mol. The molecule has 3 aromatic rings. The van der Waals surface area contributed by atoms with Gasteiger partial charge >= 0.3 is 0 Å². The number of fused-ring (bicyclic) bond motifs is 1. The van der Waals surface area contributed by atoms with Gasteiger partial charge < -0.3 is 9.64 Å². The first-order valence-electron chi connectivity index (χ1n) is 12.6. The van der Waals surface area contributed by atoms with Crippen molar-refractivity contribution in [1.29, 1.82) is 0 Å². The van der Waals surface area contributed by atoms with Crippen molar-refractivity contribution >= 4 is 29.4 Å². The summed E-state index contributed by atoms with van der Waals surface area (Å²) in [4.78, 5) is 30.3. The van der Waals surface area contributed by atoms with Gasteiger partial charge in [0.15, 0.2) is 0 Å². The van der Waals surface area contributed by atoms with Crippen molar-refractivity contribution in [1.82, 2.24) is 14.7 Å².